The van der Waals surface area contributed by atoms with Gasteiger partial charge in [-0.3, -0.25) is 0 Å². The monoisotopic (exact) mass is 164 g/mol. The zero-order chi connectivity index (χ0) is 7.49. The molecule has 0 saturated heterocycles. The van der Waals surface area contributed by atoms with Gasteiger partial charge in [0.15, 0.2) is 0 Å². The van der Waals surface area contributed by atoms with E-state index >= 15 is 0 Å². The number of halogens is 2. The first kappa shape index (κ1) is 9.06. The molecule has 2 heteroatoms. The Morgan fingerprint density at radius 3 is 2.11 bits per heavy atom. The smallest absolute Gasteiger partial charge is 0.0387 e. The molecule has 0 N–H and O–H groups in total. The average molecular weight is 165 g/mol. The molecule has 0 aromatic rings. The Kier molecular flexibility index (Phi) is 3.31. The summed E-state index contributed by atoms with van der Waals surface area (Å²) >= 11 is 11.1. The van der Waals surface area contributed by atoms with E-state index in [1.54, 1.807) is 6.08 Å². The molecule has 0 bridgehead atoms. The minimum Gasteiger partial charge on any atom is -0.102 e. The Morgan fingerprint density at radius 2 is 2.00 bits per heavy atom. The lowest BCUT2D eigenvalue weighted by Crippen LogP contribution is -2.05. The lowest BCUT2D eigenvalue weighted by atomic mass is 9.94. The molecule has 0 radical (unpaired) electrons. The Morgan fingerprint density at radius 1 is 1.56 bits per heavy atom. The fraction of sp³-hybridized carbons (Fsp3) is 0.429. The van der Waals surface area contributed by atoms with Gasteiger partial charge in [0.05, 0.1) is 0 Å². The molecule has 0 unspecified atom stereocenters. The van der Waals surface area contributed by atoms with E-state index in [0.29, 0.717) is 5.03 Å². The Labute approximate surface area is 66.2 Å². The van der Waals surface area contributed by atoms with Crippen LogP contribution in [-0.2, 0) is 0 Å². The van der Waals surface area contributed by atoms with Crippen molar-refractivity contribution in [1.82, 2.24) is 0 Å². The SMILES string of the molecule is C=CC(C)(C)/C(Cl)=C/Cl. The summed E-state index contributed by atoms with van der Waals surface area (Å²) in [7, 11) is 0. The molecule has 0 nitrogen and oxygen atoms in total. The van der Waals surface area contributed by atoms with E-state index in [-0.39, 0.29) is 5.41 Å². The van der Waals surface area contributed by atoms with Crippen molar-refractivity contribution in [3.8, 4) is 0 Å². The summed E-state index contributed by atoms with van der Waals surface area (Å²) in [5.74, 6) is 0. The van der Waals surface area contributed by atoms with E-state index in [4.69, 9.17) is 23.2 Å². The first-order chi connectivity index (χ1) is 4.04. The van der Waals surface area contributed by atoms with Gasteiger partial charge >= 0.3 is 0 Å². The number of hydrogen-bond acceptors (Lipinski definition) is 0. The van der Waals surface area contributed by atoms with Crippen molar-refractivity contribution in [2.75, 3.05) is 0 Å². The van der Waals surface area contributed by atoms with Crippen LogP contribution in [0.4, 0.5) is 0 Å². The van der Waals surface area contributed by atoms with Crippen molar-refractivity contribution in [3.63, 3.8) is 0 Å². The van der Waals surface area contributed by atoms with Gasteiger partial charge in [-0.05, 0) is 0 Å². The molecule has 0 spiro atoms. The second-order valence-corrected chi connectivity index (χ2v) is 3.01. The standard InChI is InChI=1S/C7H10Cl2/c1-4-7(2,3)6(9)5-8/h4-5H,1H2,2-3H3/b6-5-. The molecule has 9 heavy (non-hydrogen) atoms. The Bertz CT molecular complexity index is 134. The van der Waals surface area contributed by atoms with Crippen LogP contribution >= 0.6 is 23.2 Å². The lowest BCUT2D eigenvalue weighted by Gasteiger charge is -2.17. The minimum atomic E-state index is -0.191. The van der Waals surface area contributed by atoms with Crippen LogP contribution in [0.3, 0.4) is 0 Å². The molecule has 0 aromatic carbocycles. The molecule has 0 aromatic heterocycles. The van der Waals surface area contributed by atoms with Crippen molar-refractivity contribution in [2.24, 2.45) is 5.41 Å². The summed E-state index contributed by atoms with van der Waals surface area (Å²) < 4.78 is 0. The van der Waals surface area contributed by atoms with Gasteiger partial charge < -0.3 is 0 Å². The highest BCUT2D eigenvalue weighted by Crippen LogP contribution is 2.30. The lowest BCUT2D eigenvalue weighted by molar-refractivity contribution is 0.614. The van der Waals surface area contributed by atoms with E-state index in [0.717, 1.165) is 0 Å². The summed E-state index contributed by atoms with van der Waals surface area (Å²) in [5.41, 5.74) is 1.17. The summed E-state index contributed by atoms with van der Waals surface area (Å²) in [6.07, 6.45) is 1.76. The molecule has 0 rings (SSSR count). The zero-order valence-electron chi connectivity index (χ0n) is 5.62. The van der Waals surface area contributed by atoms with Crippen LogP contribution in [0, 0.1) is 5.41 Å². The van der Waals surface area contributed by atoms with Crippen LogP contribution in [0.15, 0.2) is 23.2 Å². The fourth-order valence-corrected chi connectivity index (χ4v) is 0.596. The Balaban J connectivity index is 4.32. The third-order valence-corrected chi connectivity index (χ3v) is 2.15. The number of hydrogen-bond donors (Lipinski definition) is 0. The van der Waals surface area contributed by atoms with Crippen molar-refractivity contribution in [1.29, 1.82) is 0 Å². The first-order valence-electron chi connectivity index (χ1n) is 2.64. The van der Waals surface area contributed by atoms with Crippen molar-refractivity contribution < 1.29 is 0 Å². The molecular formula is C7H10Cl2. The average Bonchev–Trinajstić information content (AvgIpc) is 1.86. The van der Waals surface area contributed by atoms with Gasteiger partial charge in [0.25, 0.3) is 0 Å². The van der Waals surface area contributed by atoms with E-state index in [2.05, 4.69) is 6.58 Å². The maximum atomic E-state index is 5.71. The second-order valence-electron chi connectivity index (χ2n) is 2.38. The quantitative estimate of drug-likeness (QED) is 0.549. The molecule has 0 fully saturated rings. The van der Waals surface area contributed by atoms with Crippen LogP contribution in [-0.4, -0.2) is 0 Å². The maximum Gasteiger partial charge on any atom is 0.0387 e. The van der Waals surface area contributed by atoms with Crippen LogP contribution in [0.25, 0.3) is 0 Å². The van der Waals surface area contributed by atoms with E-state index in [1.807, 2.05) is 13.8 Å². The van der Waals surface area contributed by atoms with Crippen LogP contribution in [0.1, 0.15) is 13.8 Å². The summed E-state index contributed by atoms with van der Waals surface area (Å²) in [5, 5.41) is 0.610. The van der Waals surface area contributed by atoms with Crippen molar-refractivity contribution in [2.45, 2.75) is 13.8 Å². The highest BCUT2D eigenvalue weighted by molar-refractivity contribution is 6.37. The van der Waals surface area contributed by atoms with Crippen molar-refractivity contribution >= 4 is 23.2 Å². The van der Waals surface area contributed by atoms with E-state index in [9.17, 15) is 0 Å². The van der Waals surface area contributed by atoms with Crippen LogP contribution in [0.5, 0.6) is 0 Å². The van der Waals surface area contributed by atoms with E-state index < -0.39 is 0 Å². The molecule has 0 aliphatic rings. The summed E-state index contributed by atoms with van der Waals surface area (Å²) in [6, 6.07) is 0. The fourth-order valence-electron chi connectivity index (χ4n) is 0.238. The summed E-state index contributed by atoms with van der Waals surface area (Å²) in [6.45, 7) is 7.51. The summed E-state index contributed by atoms with van der Waals surface area (Å²) in [4.78, 5) is 0. The molecule has 0 heterocycles. The first-order valence-corrected chi connectivity index (χ1v) is 3.46. The topological polar surface area (TPSA) is 0 Å². The predicted octanol–water partition coefficient (Wildman–Crippen LogP) is 3.52. The molecule has 0 aliphatic carbocycles. The normalized spacial score (nSPS) is 13.6. The van der Waals surface area contributed by atoms with Gasteiger partial charge in [0.2, 0.25) is 0 Å². The van der Waals surface area contributed by atoms with Crippen LogP contribution in [0.2, 0.25) is 0 Å². The third kappa shape index (κ3) is 2.42. The highest BCUT2D eigenvalue weighted by atomic mass is 35.5. The second kappa shape index (κ2) is 3.28. The molecule has 0 saturated carbocycles. The predicted molar refractivity (Wildman–Crippen MR) is 43.8 cm³/mol. The van der Waals surface area contributed by atoms with Gasteiger partial charge in [-0.25, -0.2) is 0 Å². The largest absolute Gasteiger partial charge is 0.102 e. The van der Waals surface area contributed by atoms with Crippen LogP contribution < -0.4 is 0 Å². The minimum absolute atomic E-state index is 0.191. The molecule has 0 aliphatic heterocycles. The van der Waals surface area contributed by atoms with Gasteiger partial charge in [0.1, 0.15) is 0 Å². The molecule has 0 amide bonds. The van der Waals surface area contributed by atoms with Gasteiger partial charge in [-0.15, -0.1) is 6.58 Å². The van der Waals surface area contributed by atoms with Gasteiger partial charge in [-0.2, -0.15) is 0 Å². The third-order valence-electron chi connectivity index (χ3n) is 1.22. The maximum absolute atomic E-state index is 5.71. The Hall–Kier alpha value is 0.0600. The van der Waals surface area contributed by atoms with Gasteiger partial charge in [0, 0.05) is 16.0 Å². The highest BCUT2D eigenvalue weighted by Gasteiger charge is 2.16. The number of allylic oxidation sites excluding steroid dienone is 2. The molecule has 0 atom stereocenters. The molecular weight excluding hydrogens is 155 g/mol. The van der Waals surface area contributed by atoms with Gasteiger partial charge in [-0.1, -0.05) is 43.1 Å². The van der Waals surface area contributed by atoms with E-state index in [1.165, 1.54) is 5.54 Å². The zero-order valence-corrected chi connectivity index (χ0v) is 7.13. The molecule has 52 valence electrons. The number of rotatable bonds is 2. The van der Waals surface area contributed by atoms with Crippen molar-refractivity contribution in [3.05, 3.63) is 23.2 Å².